The molecule has 20 heavy (non-hydrogen) atoms. The van der Waals surface area contributed by atoms with Gasteiger partial charge in [0.25, 0.3) is 0 Å². The summed E-state index contributed by atoms with van der Waals surface area (Å²) in [5.74, 6) is -0.410. The van der Waals surface area contributed by atoms with Crippen LogP contribution in [0.5, 0.6) is 5.75 Å². The van der Waals surface area contributed by atoms with Crippen LogP contribution in [0.2, 0.25) is 0 Å². The van der Waals surface area contributed by atoms with Crippen molar-refractivity contribution in [2.45, 2.75) is 18.9 Å². The van der Waals surface area contributed by atoms with Gasteiger partial charge in [-0.05, 0) is 12.5 Å². The molecule has 1 saturated heterocycles. The van der Waals surface area contributed by atoms with Crippen LogP contribution in [-0.2, 0) is 4.74 Å². The summed E-state index contributed by atoms with van der Waals surface area (Å²) in [4.78, 5) is 0. The van der Waals surface area contributed by atoms with E-state index in [9.17, 15) is 18.3 Å². The number of hydrogen-bond donors (Lipinski definition) is 2. The zero-order valence-corrected chi connectivity index (χ0v) is 10.7. The Kier molecular flexibility index (Phi) is 4.22. The third kappa shape index (κ3) is 3.05. The van der Waals surface area contributed by atoms with Crippen molar-refractivity contribution < 1.29 is 27.8 Å². The second kappa shape index (κ2) is 5.59. The molecule has 4 nitrogen and oxygen atoms in total. The van der Waals surface area contributed by atoms with Crippen molar-refractivity contribution in [3.8, 4) is 5.75 Å². The fraction of sp³-hybridized carbons (Fsp3) is 0.538. The highest BCUT2D eigenvalue weighted by molar-refractivity contribution is 5.36. The molecule has 1 heterocycles. The van der Waals surface area contributed by atoms with Crippen molar-refractivity contribution in [1.29, 1.82) is 0 Å². The molecule has 0 bridgehead atoms. The minimum atomic E-state index is -4.81. The summed E-state index contributed by atoms with van der Waals surface area (Å²) < 4.78 is 46.4. The number of nitrogens with two attached hydrogens (primary N) is 1. The number of aliphatic hydroxyl groups is 1. The van der Waals surface area contributed by atoms with Crippen molar-refractivity contribution in [3.63, 3.8) is 0 Å². The summed E-state index contributed by atoms with van der Waals surface area (Å²) in [5.41, 5.74) is 4.98. The number of halogens is 3. The minimum absolute atomic E-state index is 0.0702. The number of benzene rings is 1. The van der Waals surface area contributed by atoms with E-state index in [1.165, 1.54) is 18.2 Å². The lowest BCUT2D eigenvalue weighted by molar-refractivity contribution is -0.275. The zero-order chi connectivity index (χ0) is 14.8. The van der Waals surface area contributed by atoms with Gasteiger partial charge in [0.2, 0.25) is 0 Å². The Hall–Kier alpha value is -1.31. The standard InChI is InChI=1S/C13H16F3NO3/c14-13(15,16)20-10-4-2-1-3-9(10)11(18)12(7-17)5-6-19-8-12/h1-4,11,18H,5-8,17H2. The highest BCUT2D eigenvalue weighted by Crippen LogP contribution is 2.43. The quantitative estimate of drug-likeness (QED) is 0.890. The number of ether oxygens (including phenoxy) is 2. The molecule has 0 saturated carbocycles. The molecule has 1 aliphatic rings. The molecule has 3 N–H and O–H groups in total. The first kappa shape index (κ1) is 15.1. The van der Waals surface area contributed by atoms with Crippen molar-refractivity contribution in [1.82, 2.24) is 0 Å². The molecule has 0 amide bonds. The fourth-order valence-electron chi connectivity index (χ4n) is 2.37. The molecule has 1 aromatic rings. The summed E-state index contributed by atoms with van der Waals surface area (Å²) in [5, 5.41) is 10.4. The maximum atomic E-state index is 12.4. The number of hydrogen-bond acceptors (Lipinski definition) is 4. The molecule has 2 rings (SSSR count). The molecule has 0 spiro atoms. The molecule has 2 atom stereocenters. The minimum Gasteiger partial charge on any atom is -0.405 e. The molecule has 112 valence electrons. The van der Waals surface area contributed by atoms with Gasteiger partial charge in [0.05, 0.1) is 12.7 Å². The highest BCUT2D eigenvalue weighted by atomic mass is 19.4. The van der Waals surface area contributed by atoms with E-state index in [4.69, 9.17) is 10.5 Å². The second-order valence-electron chi connectivity index (χ2n) is 4.86. The Balaban J connectivity index is 2.32. The topological polar surface area (TPSA) is 64.7 Å². The largest absolute Gasteiger partial charge is 0.573 e. The highest BCUT2D eigenvalue weighted by Gasteiger charge is 2.43. The van der Waals surface area contributed by atoms with E-state index in [0.29, 0.717) is 13.0 Å². The first-order valence-corrected chi connectivity index (χ1v) is 6.18. The number of para-hydroxylation sites is 1. The number of aliphatic hydroxyl groups excluding tert-OH is 1. The molecule has 0 radical (unpaired) electrons. The maximum absolute atomic E-state index is 12.4. The fourth-order valence-corrected chi connectivity index (χ4v) is 2.37. The normalized spacial score (nSPS) is 24.6. The summed E-state index contributed by atoms with van der Waals surface area (Å²) in [6, 6.07) is 5.53. The van der Waals surface area contributed by atoms with Crippen LogP contribution in [0, 0.1) is 5.41 Å². The Morgan fingerprint density at radius 2 is 2.10 bits per heavy atom. The van der Waals surface area contributed by atoms with Gasteiger partial charge in [-0.1, -0.05) is 18.2 Å². The van der Waals surface area contributed by atoms with Gasteiger partial charge >= 0.3 is 6.36 Å². The van der Waals surface area contributed by atoms with Crippen LogP contribution in [0.3, 0.4) is 0 Å². The van der Waals surface area contributed by atoms with Crippen molar-refractivity contribution in [3.05, 3.63) is 29.8 Å². The first-order valence-electron chi connectivity index (χ1n) is 6.18. The van der Waals surface area contributed by atoms with E-state index in [1.54, 1.807) is 6.07 Å². The smallest absolute Gasteiger partial charge is 0.405 e. The van der Waals surface area contributed by atoms with Crippen molar-refractivity contribution in [2.24, 2.45) is 11.1 Å². The van der Waals surface area contributed by atoms with E-state index < -0.39 is 23.6 Å². The Morgan fingerprint density at radius 1 is 1.40 bits per heavy atom. The lowest BCUT2D eigenvalue weighted by atomic mass is 9.78. The average Bonchev–Trinajstić information content (AvgIpc) is 2.86. The molecule has 2 unspecified atom stereocenters. The molecule has 0 aliphatic carbocycles. The van der Waals surface area contributed by atoms with Crippen LogP contribution < -0.4 is 10.5 Å². The first-order chi connectivity index (χ1) is 9.38. The summed E-state index contributed by atoms with van der Waals surface area (Å²) in [6.07, 6.45) is -5.49. The lowest BCUT2D eigenvalue weighted by Crippen LogP contribution is -2.37. The molecular formula is C13H16F3NO3. The zero-order valence-electron chi connectivity index (χ0n) is 10.7. The van der Waals surface area contributed by atoms with Crippen LogP contribution >= 0.6 is 0 Å². The molecular weight excluding hydrogens is 275 g/mol. The average molecular weight is 291 g/mol. The summed E-state index contributed by atoms with van der Waals surface area (Å²) in [6.45, 7) is 0.760. The van der Waals surface area contributed by atoms with E-state index in [1.807, 2.05) is 0 Å². The molecule has 1 aliphatic heterocycles. The predicted octanol–water partition coefficient (Wildman–Crippen LogP) is 1.98. The van der Waals surface area contributed by atoms with Crippen molar-refractivity contribution in [2.75, 3.05) is 19.8 Å². The van der Waals surface area contributed by atoms with E-state index >= 15 is 0 Å². The van der Waals surface area contributed by atoms with E-state index in [-0.39, 0.29) is 18.7 Å². The van der Waals surface area contributed by atoms with Gasteiger partial charge in [0, 0.05) is 24.1 Å². The van der Waals surface area contributed by atoms with Crippen LogP contribution in [0.25, 0.3) is 0 Å². The molecule has 1 aromatic carbocycles. The van der Waals surface area contributed by atoms with Gasteiger partial charge in [-0.25, -0.2) is 0 Å². The van der Waals surface area contributed by atoms with Crippen LogP contribution in [0.4, 0.5) is 13.2 Å². The second-order valence-corrected chi connectivity index (χ2v) is 4.86. The number of alkyl halides is 3. The Labute approximate surface area is 114 Å². The van der Waals surface area contributed by atoms with Gasteiger partial charge in [0.15, 0.2) is 0 Å². The van der Waals surface area contributed by atoms with E-state index in [2.05, 4.69) is 4.74 Å². The molecule has 0 aromatic heterocycles. The van der Waals surface area contributed by atoms with Gasteiger partial charge in [0.1, 0.15) is 5.75 Å². The van der Waals surface area contributed by atoms with Gasteiger partial charge < -0.3 is 20.3 Å². The van der Waals surface area contributed by atoms with Crippen LogP contribution in [0.1, 0.15) is 18.1 Å². The van der Waals surface area contributed by atoms with E-state index in [0.717, 1.165) is 0 Å². The van der Waals surface area contributed by atoms with Gasteiger partial charge in [-0.15, -0.1) is 13.2 Å². The van der Waals surface area contributed by atoms with Crippen molar-refractivity contribution >= 4 is 0 Å². The summed E-state index contributed by atoms with van der Waals surface area (Å²) in [7, 11) is 0. The Bertz CT molecular complexity index is 458. The SMILES string of the molecule is NCC1(C(O)c2ccccc2OC(F)(F)F)CCOC1. The van der Waals surface area contributed by atoms with Gasteiger partial charge in [-0.3, -0.25) is 0 Å². The molecule has 7 heteroatoms. The van der Waals surface area contributed by atoms with Gasteiger partial charge in [-0.2, -0.15) is 0 Å². The number of rotatable bonds is 4. The third-order valence-corrected chi connectivity index (χ3v) is 3.56. The Morgan fingerprint density at radius 3 is 2.65 bits per heavy atom. The van der Waals surface area contributed by atoms with Crippen LogP contribution in [-0.4, -0.2) is 31.2 Å². The third-order valence-electron chi connectivity index (χ3n) is 3.56. The lowest BCUT2D eigenvalue weighted by Gasteiger charge is -2.32. The monoisotopic (exact) mass is 291 g/mol. The predicted molar refractivity (Wildman–Crippen MR) is 65.0 cm³/mol. The summed E-state index contributed by atoms with van der Waals surface area (Å²) >= 11 is 0. The maximum Gasteiger partial charge on any atom is 0.573 e. The van der Waals surface area contributed by atoms with Crippen LogP contribution in [0.15, 0.2) is 24.3 Å². The molecule has 1 fully saturated rings.